The molecule has 42 valence electrons. The second-order valence-electron chi connectivity index (χ2n) is 2.03. The Morgan fingerprint density at radius 1 is 1.00 bits per heavy atom. The quantitative estimate of drug-likeness (QED) is 0.364. The molecule has 0 aromatic rings. The molecule has 1 nitrogen and oxygen atoms in total. The highest BCUT2D eigenvalue weighted by Gasteiger charge is 2.24. The maximum absolute atomic E-state index is 4.25. The number of quaternary nitrogens is 1. The predicted molar refractivity (Wildman–Crippen MR) is 37.2 cm³/mol. The Bertz CT molecular complexity index is 64.1. The van der Waals surface area contributed by atoms with E-state index >= 15 is 0 Å². The van der Waals surface area contributed by atoms with Crippen LogP contribution in [0.1, 0.15) is 12.8 Å². The van der Waals surface area contributed by atoms with Crippen molar-refractivity contribution in [2.45, 2.75) is 12.8 Å². The molecule has 0 saturated carbocycles. The number of hydrogen-bond acceptors (Lipinski definition) is 2. The van der Waals surface area contributed by atoms with E-state index in [2.05, 4.69) is 25.6 Å². The summed E-state index contributed by atoms with van der Waals surface area (Å²) in [6, 6.07) is 0. The lowest BCUT2D eigenvalue weighted by Crippen LogP contribution is -2.21. The van der Waals surface area contributed by atoms with Crippen LogP contribution in [-0.2, 0) is 0 Å². The van der Waals surface area contributed by atoms with E-state index in [9.17, 15) is 0 Å². The van der Waals surface area contributed by atoms with E-state index in [1.165, 1.54) is 12.8 Å². The summed E-state index contributed by atoms with van der Waals surface area (Å²) in [5.41, 5.74) is 0. The van der Waals surface area contributed by atoms with Crippen molar-refractivity contribution in [2.24, 2.45) is 0 Å². The van der Waals surface area contributed by atoms with Crippen LogP contribution in [0.25, 0.3) is 0 Å². The van der Waals surface area contributed by atoms with Gasteiger partial charge in [0.1, 0.15) is 13.1 Å². The van der Waals surface area contributed by atoms with E-state index in [0.717, 1.165) is 13.1 Å². The Kier molecular flexibility index (Phi) is 1.55. The number of hydrogen-bond donors (Lipinski definition) is 2. The molecule has 1 heterocycles. The standard InChI is InChI=1S/C4H10NS2/c6-5(7)3-1-2-4-5/h6-7H,1-4H2/q+1. The fourth-order valence-corrected chi connectivity index (χ4v) is 1.41. The van der Waals surface area contributed by atoms with E-state index in [4.69, 9.17) is 0 Å². The number of thiol groups is 2. The van der Waals surface area contributed by atoms with Crippen molar-refractivity contribution in [3.8, 4) is 0 Å². The fraction of sp³-hybridized carbons (Fsp3) is 1.00. The summed E-state index contributed by atoms with van der Waals surface area (Å²) in [5, 5.41) is 0. The minimum atomic E-state index is 0.639. The summed E-state index contributed by atoms with van der Waals surface area (Å²) >= 11 is 8.50. The second kappa shape index (κ2) is 1.88. The molecule has 1 fully saturated rings. The van der Waals surface area contributed by atoms with Gasteiger partial charge in [0.05, 0.1) is 25.6 Å². The highest BCUT2D eigenvalue weighted by molar-refractivity contribution is 7.87. The largest absolute Gasteiger partial charge is 0.206 e. The van der Waals surface area contributed by atoms with Gasteiger partial charge < -0.3 is 0 Å². The van der Waals surface area contributed by atoms with Crippen molar-refractivity contribution in [1.82, 2.24) is 0 Å². The first-order valence-electron chi connectivity index (χ1n) is 2.53. The first-order chi connectivity index (χ1) is 3.21. The zero-order valence-corrected chi connectivity index (χ0v) is 5.96. The van der Waals surface area contributed by atoms with Crippen LogP contribution in [0.2, 0.25) is 0 Å². The predicted octanol–water partition coefficient (Wildman–Crippen LogP) is 1.29. The lowest BCUT2D eigenvalue weighted by molar-refractivity contribution is -0.621. The second-order valence-corrected chi connectivity index (χ2v) is 3.88. The van der Waals surface area contributed by atoms with E-state index in [1.54, 1.807) is 0 Å². The van der Waals surface area contributed by atoms with Gasteiger partial charge in [-0.3, -0.25) is 0 Å². The Labute approximate surface area is 55.4 Å². The van der Waals surface area contributed by atoms with Crippen LogP contribution in [0.3, 0.4) is 0 Å². The van der Waals surface area contributed by atoms with Crippen LogP contribution < -0.4 is 0 Å². The molecule has 1 aliphatic rings. The van der Waals surface area contributed by atoms with Crippen molar-refractivity contribution < 1.29 is 3.29 Å². The van der Waals surface area contributed by atoms with Gasteiger partial charge in [0.25, 0.3) is 0 Å². The molecule has 0 atom stereocenters. The molecule has 0 aromatic heterocycles. The van der Waals surface area contributed by atoms with Crippen LogP contribution >= 0.6 is 25.6 Å². The van der Waals surface area contributed by atoms with Crippen LogP contribution in [0.15, 0.2) is 0 Å². The van der Waals surface area contributed by atoms with Crippen LogP contribution in [-0.4, -0.2) is 16.4 Å². The molecule has 1 aliphatic heterocycles. The first-order valence-corrected chi connectivity index (χ1v) is 3.33. The average molecular weight is 136 g/mol. The van der Waals surface area contributed by atoms with Gasteiger partial charge in [0.15, 0.2) is 0 Å². The highest BCUT2D eigenvalue weighted by atomic mass is 32.2. The van der Waals surface area contributed by atoms with Crippen LogP contribution in [0.5, 0.6) is 0 Å². The summed E-state index contributed by atoms with van der Waals surface area (Å²) in [6.45, 7) is 2.23. The minimum absolute atomic E-state index is 0.639. The van der Waals surface area contributed by atoms with Crippen LogP contribution in [0.4, 0.5) is 0 Å². The Hall–Kier alpha value is 0.660. The summed E-state index contributed by atoms with van der Waals surface area (Å²) in [5.74, 6) is 0. The third kappa shape index (κ3) is 1.55. The van der Waals surface area contributed by atoms with Gasteiger partial charge in [-0.25, -0.2) is 3.29 Å². The van der Waals surface area contributed by atoms with Crippen molar-refractivity contribution in [2.75, 3.05) is 13.1 Å². The molecule has 0 amide bonds. The Morgan fingerprint density at radius 3 is 1.57 bits per heavy atom. The zero-order valence-electron chi connectivity index (χ0n) is 4.17. The first kappa shape index (κ1) is 5.79. The number of nitrogens with zero attached hydrogens (tertiary/aromatic N) is 1. The van der Waals surface area contributed by atoms with E-state index in [0.29, 0.717) is 3.29 Å². The molecule has 0 spiro atoms. The van der Waals surface area contributed by atoms with E-state index < -0.39 is 0 Å². The summed E-state index contributed by atoms with van der Waals surface area (Å²) in [4.78, 5) is 0. The maximum Gasteiger partial charge on any atom is 0.100 e. The molecule has 0 radical (unpaired) electrons. The van der Waals surface area contributed by atoms with Gasteiger partial charge >= 0.3 is 0 Å². The SMILES string of the molecule is S[N+]1(S)CCCC1. The Morgan fingerprint density at radius 2 is 1.43 bits per heavy atom. The minimum Gasteiger partial charge on any atom is -0.206 e. The van der Waals surface area contributed by atoms with Gasteiger partial charge in [0, 0.05) is 12.8 Å². The summed E-state index contributed by atoms with van der Waals surface area (Å²) in [6.07, 6.45) is 2.57. The lowest BCUT2D eigenvalue weighted by atomic mass is 10.4. The molecule has 0 aliphatic carbocycles. The molecule has 0 aromatic carbocycles. The number of rotatable bonds is 0. The van der Waals surface area contributed by atoms with E-state index in [1.807, 2.05) is 0 Å². The third-order valence-electron chi connectivity index (χ3n) is 1.28. The summed E-state index contributed by atoms with van der Waals surface area (Å²) in [7, 11) is 0. The normalized spacial score (nSPS) is 28.3. The van der Waals surface area contributed by atoms with Gasteiger partial charge in [0.2, 0.25) is 0 Å². The van der Waals surface area contributed by atoms with Gasteiger partial charge in [-0.2, -0.15) is 0 Å². The van der Waals surface area contributed by atoms with Crippen molar-refractivity contribution in [1.29, 1.82) is 0 Å². The van der Waals surface area contributed by atoms with Gasteiger partial charge in [-0.05, 0) is 0 Å². The molecule has 0 bridgehead atoms. The highest BCUT2D eigenvalue weighted by Crippen LogP contribution is 2.24. The lowest BCUT2D eigenvalue weighted by Gasteiger charge is -2.14. The van der Waals surface area contributed by atoms with Crippen molar-refractivity contribution in [3.63, 3.8) is 0 Å². The van der Waals surface area contributed by atoms with Crippen LogP contribution in [0, 0.1) is 0 Å². The van der Waals surface area contributed by atoms with Gasteiger partial charge in [-0.15, -0.1) is 0 Å². The Balaban J connectivity index is 2.40. The molecule has 3 heteroatoms. The van der Waals surface area contributed by atoms with Gasteiger partial charge in [-0.1, -0.05) is 0 Å². The summed E-state index contributed by atoms with van der Waals surface area (Å²) < 4.78 is 0.639. The third-order valence-corrected chi connectivity index (χ3v) is 2.08. The van der Waals surface area contributed by atoms with Crippen molar-refractivity contribution in [3.05, 3.63) is 0 Å². The maximum atomic E-state index is 4.25. The smallest absolute Gasteiger partial charge is 0.100 e. The topological polar surface area (TPSA) is 0 Å². The average Bonchev–Trinajstić information content (AvgIpc) is 1.84. The molecule has 1 rings (SSSR count). The monoisotopic (exact) mass is 136 g/mol. The fourth-order valence-electron chi connectivity index (χ4n) is 0.842. The molecule has 0 N–H and O–H groups in total. The molecule has 1 saturated heterocycles. The van der Waals surface area contributed by atoms with Crippen molar-refractivity contribution >= 4 is 25.6 Å². The molecular weight excluding hydrogens is 126 g/mol. The van der Waals surface area contributed by atoms with E-state index in [-0.39, 0.29) is 0 Å². The molecule has 7 heavy (non-hydrogen) atoms. The molecular formula is C4H10NS2+. The zero-order chi connectivity index (χ0) is 5.33. The molecule has 0 unspecified atom stereocenters.